The predicted molar refractivity (Wildman–Crippen MR) is 53.4 cm³/mol. The van der Waals surface area contributed by atoms with Gasteiger partial charge in [-0.05, 0) is 18.9 Å². The van der Waals surface area contributed by atoms with E-state index in [1.807, 2.05) is 0 Å². The Hall–Kier alpha value is -2.11. The molecule has 1 amide bonds. The van der Waals surface area contributed by atoms with Crippen LogP contribution in [0.2, 0.25) is 0 Å². The van der Waals surface area contributed by atoms with Gasteiger partial charge in [0.25, 0.3) is 5.91 Å². The van der Waals surface area contributed by atoms with Crippen molar-refractivity contribution in [3.8, 4) is 5.75 Å². The number of nitrogens with two attached hydrogens (primary N) is 1. The third-order valence-electron chi connectivity index (χ3n) is 2.18. The van der Waals surface area contributed by atoms with Gasteiger partial charge in [-0.1, -0.05) is 0 Å². The zero-order valence-electron chi connectivity index (χ0n) is 8.34. The second-order valence-corrected chi connectivity index (χ2v) is 3.52. The summed E-state index contributed by atoms with van der Waals surface area (Å²) >= 11 is 0. The summed E-state index contributed by atoms with van der Waals surface area (Å²) in [5.74, 6) is -1.98. The van der Waals surface area contributed by atoms with Gasteiger partial charge < -0.3 is 15.6 Å². The Morgan fingerprint density at radius 1 is 1.50 bits per heavy atom. The zero-order valence-corrected chi connectivity index (χ0v) is 8.34. The topological polar surface area (TPSA) is 103 Å². The van der Waals surface area contributed by atoms with E-state index >= 15 is 0 Å². The largest absolute Gasteiger partial charge is 0.487 e. The Labute approximate surface area is 91.0 Å². The number of hydrogen-bond donors (Lipinski definition) is 2. The minimum absolute atomic E-state index is 0.0231. The van der Waals surface area contributed by atoms with Crippen molar-refractivity contribution in [2.24, 2.45) is 5.73 Å². The smallest absolute Gasteiger partial charge is 0.358 e. The van der Waals surface area contributed by atoms with Crippen LogP contribution in [-0.2, 0) is 0 Å². The van der Waals surface area contributed by atoms with Crippen LogP contribution < -0.4 is 10.5 Å². The highest BCUT2D eigenvalue weighted by Gasteiger charge is 2.29. The molecule has 3 N–H and O–H groups in total. The Morgan fingerprint density at radius 3 is 2.69 bits per heavy atom. The molecule has 0 unspecified atom stereocenters. The number of amides is 1. The first-order valence-corrected chi connectivity index (χ1v) is 4.78. The van der Waals surface area contributed by atoms with Crippen LogP contribution in [0.5, 0.6) is 5.75 Å². The van der Waals surface area contributed by atoms with Crippen LogP contribution in [0.15, 0.2) is 12.3 Å². The van der Waals surface area contributed by atoms with Crippen molar-refractivity contribution in [2.45, 2.75) is 18.9 Å². The monoisotopic (exact) mass is 222 g/mol. The van der Waals surface area contributed by atoms with Crippen LogP contribution in [0.4, 0.5) is 0 Å². The van der Waals surface area contributed by atoms with Gasteiger partial charge in [-0.25, -0.2) is 9.78 Å². The lowest BCUT2D eigenvalue weighted by Gasteiger charge is -2.10. The number of aromatic nitrogens is 1. The predicted octanol–water partition coefficient (Wildman–Crippen LogP) is 0.420. The number of nitrogens with zero attached hydrogens (tertiary/aromatic N) is 1. The van der Waals surface area contributed by atoms with E-state index in [0.717, 1.165) is 12.8 Å². The highest BCUT2D eigenvalue weighted by molar-refractivity contribution is 6.00. The molecule has 6 nitrogen and oxygen atoms in total. The molecule has 6 heteroatoms. The van der Waals surface area contributed by atoms with E-state index in [1.54, 1.807) is 0 Å². The average Bonchev–Trinajstić information content (AvgIpc) is 3.01. The van der Waals surface area contributed by atoms with Crippen LogP contribution in [0.1, 0.15) is 33.7 Å². The summed E-state index contributed by atoms with van der Waals surface area (Å²) in [6.07, 6.45) is 2.90. The van der Waals surface area contributed by atoms with Gasteiger partial charge in [0.2, 0.25) is 0 Å². The Bertz CT molecular complexity index is 422. The number of carboxylic acids is 1. The number of aromatic carboxylic acids is 1. The summed E-state index contributed by atoms with van der Waals surface area (Å²) in [6, 6.07) is 1.35. The second-order valence-electron chi connectivity index (χ2n) is 3.52. The molecule has 0 bridgehead atoms. The van der Waals surface area contributed by atoms with Crippen LogP contribution >= 0.6 is 0 Å². The summed E-state index contributed by atoms with van der Waals surface area (Å²) < 4.78 is 5.37. The van der Waals surface area contributed by atoms with Gasteiger partial charge in [0.1, 0.15) is 0 Å². The van der Waals surface area contributed by atoms with Gasteiger partial charge in [-0.3, -0.25) is 4.79 Å². The summed E-state index contributed by atoms with van der Waals surface area (Å²) in [7, 11) is 0. The van der Waals surface area contributed by atoms with E-state index in [0.29, 0.717) is 0 Å². The molecule has 0 atom stereocenters. The standard InChI is InChI=1S/C10H10N2O4/c11-9(13)6-3-4-12-7(10(14)15)8(6)16-5-1-2-5/h3-5H,1-2H2,(H2,11,13)(H,14,15). The number of carbonyl (C=O) groups is 2. The maximum atomic E-state index is 11.1. The first kappa shape index (κ1) is 10.4. The molecule has 1 fully saturated rings. The summed E-state index contributed by atoms with van der Waals surface area (Å²) in [5, 5.41) is 8.91. The molecule has 1 aromatic rings. The first-order valence-electron chi connectivity index (χ1n) is 4.78. The molecule has 1 aliphatic carbocycles. The van der Waals surface area contributed by atoms with Gasteiger partial charge in [0.05, 0.1) is 11.7 Å². The number of hydrogen-bond acceptors (Lipinski definition) is 4. The molecule has 16 heavy (non-hydrogen) atoms. The fourth-order valence-corrected chi connectivity index (χ4v) is 1.27. The fraction of sp³-hybridized carbons (Fsp3) is 0.300. The molecular weight excluding hydrogens is 212 g/mol. The van der Waals surface area contributed by atoms with Crippen LogP contribution in [0, 0.1) is 0 Å². The van der Waals surface area contributed by atoms with Crippen molar-refractivity contribution in [1.82, 2.24) is 4.98 Å². The lowest BCUT2D eigenvalue weighted by Crippen LogP contribution is -2.17. The van der Waals surface area contributed by atoms with Crippen LogP contribution in [-0.4, -0.2) is 28.1 Å². The SMILES string of the molecule is NC(=O)c1ccnc(C(=O)O)c1OC1CC1. The number of carboxylic acid groups (broad SMARTS) is 1. The summed E-state index contributed by atoms with van der Waals surface area (Å²) in [4.78, 5) is 25.7. The first-order chi connectivity index (χ1) is 7.59. The van der Waals surface area contributed by atoms with E-state index in [2.05, 4.69) is 4.98 Å². The molecule has 1 saturated carbocycles. The molecule has 0 aromatic carbocycles. The number of carbonyl (C=O) groups excluding carboxylic acids is 1. The molecule has 0 saturated heterocycles. The van der Waals surface area contributed by atoms with E-state index in [9.17, 15) is 9.59 Å². The molecule has 1 heterocycles. The molecule has 0 radical (unpaired) electrons. The van der Waals surface area contributed by atoms with E-state index in [-0.39, 0.29) is 23.1 Å². The maximum Gasteiger partial charge on any atom is 0.358 e. The number of ether oxygens (including phenoxy) is 1. The maximum absolute atomic E-state index is 11.1. The third-order valence-corrected chi connectivity index (χ3v) is 2.18. The molecular formula is C10H10N2O4. The van der Waals surface area contributed by atoms with Crippen molar-refractivity contribution < 1.29 is 19.4 Å². The van der Waals surface area contributed by atoms with Crippen molar-refractivity contribution in [2.75, 3.05) is 0 Å². The number of primary amides is 1. The fourth-order valence-electron chi connectivity index (χ4n) is 1.27. The molecule has 1 aromatic heterocycles. The average molecular weight is 222 g/mol. The van der Waals surface area contributed by atoms with Crippen LogP contribution in [0.25, 0.3) is 0 Å². The Balaban J connectivity index is 2.47. The molecule has 2 rings (SSSR count). The van der Waals surface area contributed by atoms with E-state index < -0.39 is 11.9 Å². The minimum atomic E-state index is -1.24. The Morgan fingerprint density at radius 2 is 2.19 bits per heavy atom. The van der Waals surface area contributed by atoms with Gasteiger partial charge in [0.15, 0.2) is 11.4 Å². The molecule has 84 valence electrons. The van der Waals surface area contributed by atoms with E-state index in [4.69, 9.17) is 15.6 Å². The second kappa shape index (κ2) is 3.80. The van der Waals surface area contributed by atoms with Crippen molar-refractivity contribution in [1.29, 1.82) is 0 Å². The van der Waals surface area contributed by atoms with Crippen LogP contribution in [0.3, 0.4) is 0 Å². The molecule has 1 aliphatic rings. The van der Waals surface area contributed by atoms with Gasteiger partial charge in [-0.15, -0.1) is 0 Å². The minimum Gasteiger partial charge on any atom is -0.487 e. The number of pyridine rings is 1. The van der Waals surface area contributed by atoms with Crippen molar-refractivity contribution in [3.63, 3.8) is 0 Å². The third kappa shape index (κ3) is 1.95. The number of rotatable bonds is 4. The quantitative estimate of drug-likeness (QED) is 0.768. The normalized spacial score (nSPS) is 14.5. The molecule has 0 spiro atoms. The lowest BCUT2D eigenvalue weighted by molar-refractivity contribution is 0.0685. The van der Waals surface area contributed by atoms with E-state index in [1.165, 1.54) is 12.3 Å². The lowest BCUT2D eigenvalue weighted by atomic mass is 10.2. The van der Waals surface area contributed by atoms with Crippen molar-refractivity contribution in [3.05, 3.63) is 23.5 Å². The van der Waals surface area contributed by atoms with Crippen molar-refractivity contribution >= 4 is 11.9 Å². The highest BCUT2D eigenvalue weighted by atomic mass is 16.5. The molecule has 0 aliphatic heterocycles. The van der Waals surface area contributed by atoms with Gasteiger partial charge in [-0.2, -0.15) is 0 Å². The van der Waals surface area contributed by atoms with Gasteiger partial charge in [0, 0.05) is 6.20 Å². The Kier molecular flexibility index (Phi) is 2.47. The summed E-state index contributed by atoms with van der Waals surface area (Å²) in [5.41, 5.74) is 4.92. The highest BCUT2D eigenvalue weighted by Crippen LogP contribution is 2.30. The zero-order chi connectivity index (χ0) is 11.7. The van der Waals surface area contributed by atoms with Gasteiger partial charge >= 0.3 is 5.97 Å². The summed E-state index contributed by atoms with van der Waals surface area (Å²) in [6.45, 7) is 0.